The molecule has 1 aliphatic heterocycles. The highest BCUT2D eigenvalue weighted by molar-refractivity contribution is 8.18. The van der Waals surface area contributed by atoms with Crippen LogP contribution in [0.3, 0.4) is 0 Å². The molecular formula is C18H13N3O6S. The summed E-state index contributed by atoms with van der Waals surface area (Å²) >= 11 is 0.971. The van der Waals surface area contributed by atoms with Gasteiger partial charge >= 0.3 is 5.97 Å². The Hall–Kier alpha value is -3.66. The van der Waals surface area contributed by atoms with E-state index in [0.717, 1.165) is 17.8 Å². The van der Waals surface area contributed by atoms with Crippen molar-refractivity contribution in [2.45, 2.75) is 0 Å². The summed E-state index contributed by atoms with van der Waals surface area (Å²) in [4.78, 5) is 40.1. The zero-order valence-electron chi connectivity index (χ0n) is 14.4. The fraction of sp³-hybridized carbons (Fsp3) is 0.0556. The number of aromatic hydroxyl groups is 1. The fourth-order valence-corrected chi connectivity index (χ4v) is 3.44. The summed E-state index contributed by atoms with van der Waals surface area (Å²) in [5, 5.41) is 30.1. The summed E-state index contributed by atoms with van der Waals surface area (Å²) in [5.41, 5.74) is -0.0125. The lowest BCUT2D eigenvalue weighted by molar-refractivity contribution is -0.385. The first kappa shape index (κ1) is 19.1. The Morgan fingerprint density at radius 1 is 1.29 bits per heavy atom. The number of likely N-dealkylation sites (N-methyl/N-ethyl adjacent to an activating group) is 1. The van der Waals surface area contributed by atoms with Crippen LogP contribution in [0.4, 0.5) is 11.4 Å². The molecule has 0 radical (unpaired) electrons. The lowest BCUT2D eigenvalue weighted by Gasteiger charge is -2.08. The maximum absolute atomic E-state index is 12.5. The molecule has 0 aliphatic carbocycles. The number of rotatable bonds is 4. The van der Waals surface area contributed by atoms with Crippen molar-refractivity contribution in [1.82, 2.24) is 4.90 Å². The van der Waals surface area contributed by atoms with Crippen LogP contribution in [-0.2, 0) is 4.79 Å². The molecule has 0 aromatic heterocycles. The van der Waals surface area contributed by atoms with E-state index in [4.69, 9.17) is 0 Å². The predicted octanol–water partition coefficient (Wildman–Crippen LogP) is 3.23. The average molecular weight is 399 g/mol. The zero-order chi connectivity index (χ0) is 20.4. The first-order chi connectivity index (χ1) is 13.3. The Labute approximate surface area is 162 Å². The van der Waals surface area contributed by atoms with E-state index in [-0.39, 0.29) is 38.3 Å². The minimum absolute atomic E-state index is 0.0689. The maximum atomic E-state index is 12.5. The number of amides is 1. The number of hydrogen-bond acceptors (Lipinski definition) is 7. The minimum atomic E-state index is -1.28. The quantitative estimate of drug-likeness (QED) is 0.458. The number of phenolic OH excluding ortho intramolecular Hbond substituents is 1. The second-order valence-corrected chi connectivity index (χ2v) is 6.70. The number of carboxylic acid groups (broad SMARTS) is 1. The van der Waals surface area contributed by atoms with Crippen molar-refractivity contribution in [2.24, 2.45) is 4.99 Å². The first-order valence-electron chi connectivity index (χ1n) is 7.84. The Morgan fingerprint density at radius 3 is 2.68 bits per heavy atom. The summed E-state index contributed by atoms with van der Waals surface area (Å²) in [6.07, 6.45) is 1.40. The molecule has 142 valence electrons. The maximum Gasteiger partial charge on any atom is 0.338 e. The van der Waals surface area contributed by atoms with Gasteiger partial charge in [0.05, 0.1) is 26.6 Å². The van der Waals surface area contributed by atoms with Crippen LogP contribution >= 0.6 is 11.8 Å². The highest BCUT2D eigenvalue weighted by Gasteiger charge is 2.31. The van der Waals surface area contributed by atoms with Crippen molar-refractivity contribution in [2.75, 3.05) is 7.05 Å². The number of nitro groups is 1. The molecule has 1 amide bonds. The standard InChI is InChI=1S/C18H13N3O6S/c1-20-16(23)15(8-10-4-2-3-5-14(10)21(26)27)28-18(20)19-13-7-6-11(22)9-12(13)17(24)25/h2-9,22H,1H3,(H,24,25)/b15-8-,19-18?. The number of nitro benzene ring substituents is 1. The Balaban J connectivity index is 2.01. The third-order valence-electron chi connectivity index (χ3n) is 3.85. The van der Waals surface area contributed by atoms with Crippen LogP contribution in [0, 0.1) is 10.1 Å². The number of thioether (sulfide) groups is 1. The summed E-state index contributed by atoms with van der Waals surface area (Å²) in [6.45, 7) is 0. The van der Waals surface area contributed by atoms with Gasteiger partial charge in [-0.3, -0.25) is 19.8 Å². The Bertz CT molecular complexity index is 1060. The van der Waals surface area contributed by atoms with Crippen molar-refractivity contribution < 1.29 is 24.7 Å². The molecule has 1 aliphatic rings. The molecule has 10 heteroatoms. The molecule has 2 aromatic carbocycles. The molecule has 28 heavy (non-hydrogen) atoms. The second kappa shape index (κ2) is 7.53. The van der Waals surface area contributed by atoms with Crippen LogP contribution in [0.5, 0.6) is 5.75 Å². The van der Waals surface area contributed by atoms with Crippen molar-refractivity contribution in [3.05, 3.63) is 68.6 Å². The van der Waals surface area contributed by atoms with Crippen molar-refractivity contribution in [3.8, 4) is 5.75 Å². The Morgan fingerprint density at radius 2 is 2.00 bits per heavy atom. The van der Waals surface area contributed by atoms with E-state index >= 15 is 0 Å². The molecule has 0 atom stereocenters. The molecule has 1 heterocycles. The molecule has 0 saturated carbocycles. The van der Waals surface area contributed by atoms with E-state index in [2.05, 4.69) is 4.99 Å². The highest BCUT2D eigenvalue weighted by atomic mass is 32.2. The second-order valence-electron chi connectivity index (χ2n) is 5.69. The van der Waals surface area contributed by atoms with Crippen LogP contribution in [0.2, 0.25) is 0 Å². The van der Waals surface area contributed by atoms with Crippen molar-refractivity contribution in [3.63, 3.8) is 0 Å². The van der Waals surface area contributed by atoms with E-state index in [1.54, 1.807) is 6.07 Å². The molecule has 1 fully saturated rings. The summed E-state index contributed by atoms with van der Waals surface area (Å²) in [7, 11) is 1.47. The molecule has 0 unspecified atom stereocenters. The SMILES string of the molecule is CN1C(=O)/C(=C/c2ccccc2[N+](=O)[O-])SC1=Nc1ccc(O)cc1C(=O)O. The molecule has 2 N–H and O–H groups in total. The molecular weight excluding hydrogens is 386 g/mol. The van der Waals surface area contributed by atoms with Gasteiger partial charge in [-0.1, -0.05) is 12.1 Å². The number of carboxylic acids is 1. The predicted molar refractivity (Wildman–Crippen MR) is 104 cm³/mol. The molecule has 3 rings (SSSR count). The highest BCUT2D eigenvalue weighted by Crippen LogP contribution is 2.35. The summed E-state index contributed by atoms with van der Waals surface area (Å²) in [5.74, 6) is -1.91. The number of benzene rings is 2. The summed E-state index contributed by atoms with van der Waals surface area (Å²) < 4.78 is 0. The zero-order valence-corrected chi connectivity index (χ0v) is 15.2. The number of amidine groups is 1. The van der Waals surface area contributed by atoms with Gasteiger partial charge < -0.3 is 10.2 Å². The number of aliphatic imine (C=N–C) groups is 1. The van der Waals surface area contributed by atoms with Crippen LogP contribution in [0.25, 0.3) is 6.08 Å². The van der Waals surface area contributed by atoms with Gasteiger partial charge in [0, 0.05) is 13.1 Å². The topological polar surface area (TPSA) is 133 Å². The number of carbonyl (C=O) groups is 2. The van der Waals surface area contributed by atoms with Crippen LogP contribution in [-0.4, -0.2) is 44.1 Å². The van der Waals surface area contributed by atoms with Crippen LogP contribution < -0.4 is 0 Å². The lowest BCUT2D eigenvalue weighted by atomic mass is 10.1. The minimum Gasteiger partial charge on any atom is -0.508 e. The van der Waals surface area contributed by atoms with E-state index in [0.29, 0.717) is 0 Å². The summed E-state index contributed by atoms with van der Waals surface area (Å²) in [6, 6.07) is 9.69. The molecule has 0 spiro atoms. The molecule has 0 bridgehead atoms. The molecule has 2 aromatic rings. The van der Waals surface area contributed by atoms with Gasteiger partial charge in [0.15, 0.2) is 5.17 Å². The third kappa shape index (κ3) is 3.71. The monoisotopic (exact) mass is 399 g/mol. The lowest BCUT2D eigenvalue weighted by Crippen LogP contribution is -2.23. The number of hydrogen-bond donors (Lipinski definition) is 2. The fourth-order valence-electron chi connectivity index (χ4n) is 2.46. The number of para-hydroxylation sites is 1. The van der Waals surface area contributed by atoms with Gasteiger partial charge in [0.25, 0.3) is 11.6 Å². The van der Waals surface area contributed by atoms with Gasteiger partial charge in [-0.25, -0.2) is 9.79 Å². The van der Waals surface area contributed by atoms with Gasteiger partial charge in [0.2, 0.25) is 0 Å². The average Bonchev–Trinajstić information content (AvgIpc) is 2.91. The normalized spacial score (nSPS) is 16.8. The van der Waals surface area contributed by atoms with Gasteiger partial charge in [-0.15, -0.1) is 0 Å². The molecule has 9 nitrogen and oxygen atoms in total. The van der Waals surface area contributed by atoms with E-state index < -0.39 is 16.8 Å². The van der Waals surface area contributed by atoms with Crippen molar-refractivity contribution in [1.29, 1.82) is 0 Å². The third-order valence-corrected chi connectivity index (χ3v) is 4.91. The Kier molecular flexibility index (Phi) is 5.14. The molecule has 1 saturated heterocycles. The van der Waals surface area contributed by atoms with Crippen LogP contribution in [0.1, 0.15) is 15.9 Å². The van der Waals surface area contributed by atoms with Gasteiger partial charge in [0.1, 0.15) is 5.75 Å². The van der Waals surface area contributed by atoms with E-state index in [1.165, 1.54) is 48.4 Å². The van der Waals surface area contributed by atoms with Gasteiger partial charge in [-0.05, 0) is 42.1 Å². The van der Waals surface area contributed by atoms with E-state index in [1.807, 2.05) is 0 Å². The first-order valence-corrected chi connectivity index (χ1v) is 8.65. The number of phenols is 1. The largest absolute Gasteiger partial charge is 0.508 e. The van der Waals surface area contributed by atoms with Gasteiger partial charge in [-0.2, -0.15) is 0 Å². The van der Waals surface area contributed by atoms with E-state index in [9.17, 15) is 29.9 Å². The number of nitrogens with zero attached hydrogens (tertiary/aromatic N) is 3. The smallest absolute Gasteiger partial charge is 0.338 e. The number of carbonyl (C=O) groups excluding carboxylic acids is 1. The number of aromatic carboxylic acids is 1. The van der Waals surface area contributed by atoms with Crippen LogP contribution in [0.15, 0.2) is 52.4 Å². The van der Waals surface area contributed by atoms with Crippen molar-refractivity contribution >= 4 is 46.3 Å².